The number of phenols is 1. The van der Waals surface area contributed by atoms with Gasteiger partial charge in [0.15, 0.2) is 17.5 Å². The van der Waals surface area contributed by atoms with E-state index in [2.05, 4.69) is 36.4 Å². The molecular weight excluding hydrogens is 409 g/mol. The van der Waals surface area contributed by atoms with Crippen LogP contribution in [0.2, 0.25) is 0 Å². The van der Waals surface area contributed by atoms with Crippen LogP contribution in [0.4, 0.5) is 0 Å². The zero-order chi connectivity index (χ0) is 16.7. The fraction of sp³-hybridized carbons (Fsp3) is 0.562. The van der Waals surface area contributed by atoms with Crippen LogP contribution in [0.5, 0.6) is 17.2 Å². The van der Waals surface area contributed by atoms with Crippen molar-refractivity contribution < 1.29 is 14.6 Å². The maximum Gasteiger partial charge on any atom is 0.200 e. The number of guanidine groups is 1. The van der Waals surface area contributed by atoms with Gasteiger partial charge < -0.3 is 25.2 Å². The molecule has 0 bridgehead atoms. The van der Waals surface area contributed by atoms with Gasteiger partial charge in [-0.2, -0.15) is 0 Å². The minimum Gasteiger partial charge on any atom is -0.502 e. The van der Waals surface area contributed by atoms with E-state index in [1.54, 1.807) is 19.2 Å². The van der Waals surface area contributed by atoms with Crippen LogP contribution in [0.3, 0.4) is 0 Å². The van der Waals surface area contributed by atoms with Gasteiger partial charge in [0.1, 0.15) is 0 Å². The first-order valence-electron chi connectivity index (χ1n) is 7.34. The molecule has 132 valence electrons. The molecule has 3 N–H and O–H groups in total. The number of ether oxygens (including phenoxy) is 2. The number of nitrogens with one attached hydrogen (secondary N) is 2. The molecule has 1 rings (SSSR count). The zero-order valence-corrected chi connectivity index (χ0v) is 17.0. The van der Waals surface area contributed by atoms with Crippen molar-refractivity contribution in [2.75, 3.05) is 21.3 Å². The molecule has 23 heavy (non-hydrogen) atoms. The summed E-state index contributed by atoms with van der Waals surface area (Å²) in [6.07, 6.45) is 0. The summed E-state index contributed by atoms with van der Waals surface area (Å²) in [6, 6.07) is 3.85. The van der Waals surface area contributed by atoms with Crippen LogP contribution in [0, 0.1) is 5.92 Å². The third-order valence-corrected chi connectivity index (χ3v) is 3.59. The molecule has 6 nitrogen and oxygen atoms in total. The second-order valence-electron chi connectivity index (χ2n) is 5.45. The Bertz CT molecular complexity index is 496. The average molecular weight is 437 g/mol. The molecule has 7 heteroatoms. The fourth-order valence-corrected chi connectivity index (χ4v) is 1.81. The van der Waals surface area contributed by atoms with Crippen LogP contribution < -0.4 is 20.1 Å². The topological polar surface area (TPSA) is 75.1 Å². The molecule has 0 radical (unpaired) electrons. The second-order valence-corrected chi connectivity index (χ2v) is 5.45. The number of aromatic hydroxyl groups is 1. The molecule has 0 aromatic heterocycles. The van der Waals surface area contributed by atoms with E-state index in [1.165, 1.54) is 14.2 Å². The number of benzene rings is 1. The molecule has 0 heterocycles. The zero-order valence-electron chi connectivity index (χ0n) is 14.6. The van der Waals surface area contributed by atoms with E-state index in [4.69, 9.17) is 9.47 Å². The first-order valence-corrected chi connectivity index (χ1v) is 7.34. The molecule has 1 atom stereocenters. The third kappa shape index (κ3) is 6.32. The quantitative estimate of drug-likeness (QED) is 0.363. The lowest BCUT2D eigenvalue weighted by Crippen LogP contribution is -2.43. The Kier molecular flexibility index (Phi) is 9.78. The SMILES string of the molecule is CN=C(NCc1cc(OC)c(O)c(OC)c1)NC(C)C(C)C.I. The van der Waals surface area contributed by atoms with Gasteiger partial charge in [0.05, 0.1) is 14.2 Å². The van der Waals surface area contributed by atoms with Crippen LogP contribution in [-0.4, -0.2) is 38.4 Å². The highest BCUT2D eigenvalue weighted by molar-refractivity contribution is 14.0. The summed E-state index contributed by atoms with van der Waals surface area (Å²) in [5, 5.41) is 16.5. The van der Waals surface area contributed by atoms with E-state index < -0.39 is 0 Å². The van der Waals surface area contributed by atoms with E-state index in [-0.39, 0.29) is 29.7 Å². The Morgan fingerprint density at radius 1 is 1.17 bits per heavy atom. The van der Waals surface area contributed by atoms with E-state index in [9.17, 15) is 5.11 Å². The number of hydrogen-bond acceptors (Lipinski definition) is 4. The van der Waals surface area contributed by atoms with Gasteiger partial charge in [-0.05, 0) is 30.5 Å². The third-order valence-electron chi connectivity index (χ3n) is 3.59. The fourth-order valence-electron chi connectivity index (χ4n) is 1.81. The van der Waals surface area contributed by atoms with Crippen molar-refractivity contribution in [3.63, 3.8) is 0 Å². The Morgan fingerprint density at radius 3 is 2.09 bits per heavy atom. The number of halogens is 1. The highest BCUT2D eigenvalue weighted by Gasteiger charge is 2.12. The molecule has 0 saturated heterocycles. The van der Waals surface area contributed by atoms with Crippen LogP contribution in [-0.2, 0) is 6.54 Å². The Balaban J connectivity index is 0.00000484. The average Bonchev–Trinajstić information content (AvgIpc) is 2.51. The summed E-state index contributed by atoms with van der Waals surface area (Å²) < 4.78 is 10.3. The number of phenolic OH excluding ortho intramolecular Hbond substituents is 1. The first kappa shape index (κ1) is 21.6. The smallest absolute Gasteiger partial charge is 0.200 e. The lowest BCUT2D eigenvalue weighted by Gasteiger charge is -2.21. The van der Waals surface area contributed by atoms with E-state index in [1.807, 2.05) is 0 Å². The number of methoxy groups -OCH3 is 2. The van der Waals surface area contributed by atoms with Crippen molar-refractivity contribution in [1.29, 1.82) is 0 Å². The summed E-state index contributed by atoms with van der Waals surface area (Å²) in [6.45, 7) is 6.96. The predicted octanol–water partition coefficient (Wildman–Crippen LogP) is 2.74. The minimum absolute atomic E-state index is 0. The summed E-state index contributed by atoms with van der Waals surface area (Å²) in [5.41, 5.74) is 0.923. The summed E-state index contributed by atoms with van der Waals surface area (Å²) in [4.78, 5) is 4.21. The molecule has 0 aliphatic heterocycles. The van der Waals surface area contributed by atoms with E-state index in [0.717, 1.165) is 11.5 Å². The Hall–Kier alpha value is -1.38. The molecule has 1 aromatic carbocycles. The minimum atomic E-state index is 0. The normalized spacial score (nSPS) is 12.4. The van der Waals surface area contributed by atoms with Gasteiger partial charge in [-0.3, -0.25) is 4.99 Å². The van der Waals surface area contributed by atoms with Crippen molar-refractivity contribution >= 4 is 29.9 Å². The van der Waals surface area contributed by atoms with Gasteiger partial charge in [-0.15, -0.1) is 24.0 Å². The van der Waals surface area contributed by atoms with E-state index >= 15 is 0 Å². The maximum atomic E-state index is 9.91. The van der Waals surface area contributed by atoms with Crippen molar-refractivity contribution in [3.8, 4) is 17.2 Å². The molecule has 0 saturated carbocycles. The van der Waals surface area contributed by atoms with Crippen molar-refractivity contribution in [1.82, 2.24) is 10.6 Å². The van der Waals surface area contributed by atoms with Gasteiger partial charge in [0.2, 0.25) is 5.75 Å². The maximum absolute atomic E-state index is 9.91. The predicted molar refractivity (Wildman–Crippen MR) is 104 cm³/mol. The van der Waals surface area contributed by atoms with Crippen LogP contribution in [0.25, 0.3) is 0 Å². The van der Waals surface area contributed by atoms with Crippen LogP contribution in [0.15, 0.2) is 17.1 Å². The largest absolute Gasteiger partial charge is 0.502 e. The van der Waals surface area contributed by atoms with Crippen LogP contribution in [0.1, 0.15) is 26.3 Å². The second kappa shape index (κ2) is 10.4. The Labute approximate surface area is 155 Å². The molecule has 0 spiro atoms. The number of rotatable bonds is 6. The summed E-state index contributed by atoms with van der Waals surface area (Å²) in [7, 11) is 4.76. The molecule has 1 aromatic rings. The Morgan fingerprint density at radius 2 is 1.70 bits per heavy atom. The number of nitrogens with zero attached hydrogens (tertiary/aromatic N) is 1. The van der Waals surface area contributed by atoms with Gasteiger partial charge in [-0.25, -0.2) is 0 Å². The molecule has 0 aliphatic rings. The standard InChI is InChI=1S/C16H27N3O3.HI/c1-10(2)11(3)19-16(17-4)18-9-12-7-13(21-5)15(20)14(8-12)22-6;/h7-8,10-11,20H,9H2,1-6H3,(H2,17,18,19);1H. The van der Waals surface area contributed by atoms with Gasteiger partial charge >= 0.3 is 0 Å². The van der Waals surface area contributed by atoms with Gasteiger partial charge in [-0.1, -0.05) is 13.8 Å². The lowest BCUT2D eigenvalue weighted by atomic mass is 10.1. The number of aliphatic imine (C=N–C) groups is 1. The van der Waals surface area contributed by atoms with Crippen molar-refractivity contribution in [3.05, 3.63) is 17.7 Å². The summed E-state index contributed by atoms with van der Waals surface area (Å²) in [5.74, 6) is 2.01. The van der Waals surface area contributed by atoms with Crippen LogP contribution >= 0.6 is 24.0 Å². The number of hydrogen-bond donors (Lipinski definition) is 3. The van der Waals surface area contributed by atoms with Gasteiger partial charge in [0, 0.05) is 19.6 Å². The molecule has 0 amide bonds. The summed E-state index contributed by atoms with van der Waals surface area (Å²) >= 11 is 0. The first-order chi connectivity index (χ1) is 10.4. The highest BCUT2D eigenvalue weighted by Crippen LogP contribution is 2.36. The van der Waals surface area contributed by atoms with Crippen molar-refractivity contribution in [2.24, 2.45) is 10.9 Å². The lowest BCUT2D eigenvalue weighted by molar-refractivity contribution is 0.339. The highest BCUT2D eigenvalue weighted by atomic mass is 127. The monoisotopic (exact) mass is 437 g/mol. The molecule has 1 unspecified atom stereocenters. The molecular formula is C16H28IN3O3. The van der Waals surface area contributed by atoms with Gasteiger partial charge in [0.25, 0.3) is 0 Å². The van der Waals surface area contributed by atoms with Crippen molar-refractivity contribution in [2.45, 2.75) is 33.4 Å². The molecule has 0 fully saturated rings. The van der Waals surface area contributed by atoms with E-state index in [0.29, 0.717) is 30.0 Å². The molecule has 0 aliphatic carbocycles.